The molecule has 0 unspecified atom stereocenters. The average Bonchev–Trinajstić information content (AvgIpc) is 2.59. The monoisotopic (exact) mass is 194 g/mol. The fraction of sp³-hybridized carbons (Fsp3) is 0.200. The van der Waals surface area contributed by atoms with Crippen molar-refractivity contribution in [2.24, 2.45) is 0 Å². The van der Waals surface area contributed by atoms with Crippen LogP contribution in [0.4, 0.5) is 0 Å². The number of methoxy groups -OCH3 is 1. The first kappa shape index (κ1) is 8.53. The molecule has 2 nitrogen and oxygen atoms in total. The summed E-state index contributed by atoms with van der Waals surface area (Å²) >= 11 is 1.60. The number of aliphatic hydroxyl groups is 1. The minimum Gasteiger partial charge on any atom is -0.496 e. The molecular formula is C10H10O2S. The van der Waals surface area contributed by atoms with Gasteiger partial charge < -0.3 is 9.84 Å². The van der Waals surface area contributed by atoms with E-state index >= 15 is 0 Å². The second-order valence-corrected chi connectivity index (χ2v) is 3.91. The highest BCUT2D eigenvalue weighted by atomic mass is 32.1. The van der Waals surface area contributed by atoms with Crippen molar-refractivity contribution < 1.29 is 9.84 Å². The normalized spacial score (nSPS) is 10.6. The lowest BCUT2D eigenvalue weighted by molar-refractivity contribution is 0.285. The smallest absolute Gasteiger partial charge is 0.127 e. The van der Waals surface area contributed by atoms with Gasteiger partial charge in [0.25, 0.3) is 0 Å². The number of hydrogen-bond donors (Lipinski definition) is 1. The van der Waals surface area contributed by atoms with Crippen LogP contribution in [0.15, 0.2) is 24.3 Å². The van der Waals surface area contributed by atoms with E-state index in [-0.39, 0.29) is 6.61 Å². The van der Waals surface area contributed by atoms with Crippen LogP contribution in [-0.2, 0) is 6.61 Å². The van der Waals surface area contributed by atoms with Crippen LogP contribution in [0.25, 0.3) is 10.1 Å². The molecule has 0 saturated carbocycles. The van der Waals surface area contributed by atoms with Gasteiger partial charge in [0.2, 0.25) is 0 Å². The van der Waals surface area contributed by atoms with Gasteiger partial charge in [0, 0.05) is 15.0 Å². The number of ether oxygens (including phenoxy) is 1. The molecule has 0 aliphatic heterocycles. The van der Waals surface area contributed by atoms with Crippen molar-refractivity contribution in [1.82, 2.24) is 0 Å². The zero-order chi connectivity index (χ0) is 9.26. The number of thiophene rings is 1. The van der Waals surface area contributed by atoms with Crippen molar-refractivity contribution in [1.29, 1.82) is 0 Å². The first-order valence-electron chi connectivity index (χ1n) is 4.01. The van der Waals surface area contributed by atoms with Gasteiger partial charge in [0.15, 0.2) is 0 Å². The summed E-state index contributed by atoms with van der Waals surface area (Å²) in [4.78, 5) is 0.972. The lowest BCUT2D eigenvalue weighted by atomic mass is 10.2. The second-order valence-electron chi connectivity index (χ2n) is 2.74. The minimum atomic E-state index is 0.0997. The molecule has 1 aromatic heterocycles. The molecule has 2 aromatic rings. The Morgan fingerprint density at radius 3 is 3.00 bits per heavy atom. The number of fused-ring (bicyclic) bond motifs is 1. The zero-order valence-corrected chi connectivity index (χ0v) is 8.10. The summed E-state index contributed by atoms with van der Waals surface area (Å²) in [5, 5.41) is 10.1. The van der Waals surface area contributed by atoms with Gasteiger partial charge in [0.1, 0.15) is 5.75 Å². The highest BCUT2D eigenvalue weighted by Crippen LogP contribution is 2.32. The molecule has 0 spiro atoms. The van der Waals surface area contributed by atoms with Gasteiger partial charge in [-0.15, -0.1) is 11.3 Å². The van der Waals surface area contributed by atoms with Crippen molar-refractivity contribution in [3.8, 4) is 5.75 Å². The molecule has 0 fully saturated rings. The van der Waals surface area contributed by atoms with E-state index in [1.54, 1.807) is 18.4 Å². The number of rotatable bonds is 2. The third kappa shape index (κ3) is 1.41. The molecule has 0 amide bonds. The number of benzene rings is 1. The third-order valence-corrected chi connectivity index (χ3v) is 3.03. The first-order valence-corrected chi connectivity index (χ1v) is 4.83. The molecule has 1 N–H and O–H groups in total. The van der Waals surface area contributed by atoms with E-state index in [2.05, 4.69) is 0 Å². The van der Waals surface area contributed by atoms with Gasteiger partial charge in [-0.2, -0.15) is 0 Å². The van der Waals surface area contributed by atoms with Gasteiger partial charge in [-0.05, 0) is 18.2 Å². The van der Waals surface area contributed by atoms with Gasteiger partial charge in [-0.3, -0.25) is 0 Å². The fourth-order valence-electron chi connectivity index (χ4n) is 1.34. The van der Waals surface area contributed by atoms with Crippen LogP contribution in [0.3, 0.4) is 0 Å². The Morgan fingerprint density at radius 2 is 2.31 bits per heavy atom. The van der Waals surface area contributed by atoms with Crippen molar-refractivity contribution >= 4 is 21.4 Å². The van der Waals surface area contributed by atoms with Crippen molar-refractivity contribution in [3.05, 3.63) is 29.1 Å². The SMILES string of the molecule is COc1cccc2sc(CO)cc12. The van der Waals surface area contributed by atoms with E-state index < -0.39 is 0 Å². The molecule has 13 heavy (non-hydrogen) atoms. The van der Waals surface area contributed by atoms with E-state index in [0.717, 1.165) is 20.7 Å². The van der Waals surface area contributed by atoms with E-state index in [4.69, 9.17) is 9.84 Å². The van der Waals surface area contributed by atoms with Gasteiger partial charge >= 0.3 is 0 Å². The molecule has 0 saturated heterocycles. The summed E-state index contributed by atoms with van der Waals surface area (Å²) in [6, 6.07) is 7.88. The number of aliphatic hydroxyl groups excluding tert-OH is 1. The average molecular weight is 194 g/mol. The summed E-state index contributed by atoms with van der Waals surface area (Å²) < 4.78 is 6.37. The van der Waals surface area contributed by atoms with Crippen LogP contribution < -0.4 is 4.74 Å². The lowest BCUT2D eigenvalue weighted by Gasteiger charge is -1.99. The van der Waals surface area contributed by atoms with Crippen LogP contribution in [0.5, 0.6) is 5.75 Å². The zero-order valence-electron chi connectivity index (χ0n) is 7.28. The van der Waals surface area contributed by atoms with Gasteiger partial charge in [0.05, 0.1) is 13.7 Å². The topological polar surface area (TPSA) is 29.5 Å². The van der Waals surface area contributed by atoms with Crippen LogP contribution in [0, 0.1) is 0 Å². The largest absolute Gasteiger partial charge is 0.496 e. The third-order valence-electron chi connectivity index (χ3n) is 1.95. The highest BCUT2D eigenvalue weighted by molar-refractivity contribution is 7.19. The highest BCUT2D eigenvalue weighted by Gasteiger charge is 2.04. The molecule has 3 heteroatoms. The molecule has 0 aliphatic rings. The van der Waals surface area contributed by atoms with E-state index in [9.17, 15) is 0 Å². The summed E-state index contributed by atoms with van der Waals surface area (Å²) in [5.74, 6) is 0.869. The van der Waals surface area contributed by atoms with Gasteiger partial charge in [-0.25, -0.2) is 0 Å². The molecule has 0 aliphatic carbocycles. The molecule has 0 bridgehead atoms. The van der Waals surface area contributed by atoms with Crippen LogP contribution in [0.1, 0.15) is 4.88 Å². The molecule has 68 valence electrons. The Hall–Kier alpha value is -1.06. The first-order chi connectivity index (χ1) is 6.35. The molecule has 0 radical (unpaired) electrons. The van der Waals surface area contributed by atoms with Crippen molar-refractivity contribution in [3.63, 3.8) is 0 Å². The Morgan fingerprint density at radius 1 is 1.46 bits per heavy atom. The van der Waals surface area contributed by atoms with Crippen molar-refractivity contribution in [2.45, 2.75) is 6.61 Å². The second kappa shape index (κ2) is 3.36. The molecule has 2 rings (SSSR count). The Bertz CT molecular complexity index is 420. The molecule has 1 aromatic carbocycles. The van der Waals surface area contributed by atoms with Crippen LogP contribution in [-0.4, -0.2) is 12.2 Å². The molecule has 0 atom stereocenters. The maximum Gasteiger partial charge on any atom is 0.127 e. The summed E-state index contributed by atoms with van der Waals surface area (Å²) in [5.41, 5.74) is 0. The van der Waals surface area contributed by atoms with Crippen molar-refractivity contribution in [2.75, 3.05) is 7.11 Å². The van der Waals surface area contributed by atoms with Crippen LogP contribution >= 0.6 is 11.3 Å². The number of hydrogen-bond acceptors (Lipinski definition) is 3. The van der Waals surface area contributed by atoms with Gasteiger partial charge in [-0.1, -0.05) is 6.07 Å². The fourth-order valence-corrected chi connectivity index (χ4v) is 2.28. The summed E-state index contributed by atoms with van der Waals surface area (Å²) in [6.45, 7) is 0.0997. The Kier molecular flexibility index (Phi) is 2.20. The lowest BCUT2D eigenvalue weighted by Crippen LogP contribution is -1.81. The predicted molar refractivity (Wildman–Crippen MR) is 54.3 cm³/mol. The standard InChI is InChI=1S/C10H10O2S/c1-12-9-3-2-4-10-8(9)5-7(6-11)13-10/h2-5,11H,6H2,1H3. The van der Waals surface area contributed by atoms with E-state index in [1.165, 1.54) is 0 Å². The maximum absolute atomic E-state index is 8.97. The quantitative estimate of drug-likeness (QED) is 0.795. The minimum absolute atomic E-state index is 0.0997. The predicted octanol–water partition coefficient (Wildman–Crippen LogP) is 2.40. The summed E-state index contributed by atoms with van der Waals surface area (Å²) in [6.07, 6.45) is 0. The molecular weight excluding hydrogens is 184 g/mol. The Labute approximate surface area is 80.4 Å². The van der Waals surface area contributed by atoms with E-state index in [1.807, 2.05) is 24.3 Å². The molecule has 1 heterocycles. The summed E-state index contributed by atoms with van der Waals surface area (Å²) in [7, 11) is 1.66. The maximum atomic E-state index is 8.97. The van der Waals surface area contributed by atoms with E-state index in [0.29, 0.717) is 0 Å². The Balaban J connectivity index is 2.67. The van der Waals surface area contributed by atoms with Crippen LogP contribution in [0.2, 0.25) is 0 Å².